The number of benzene rings is 1. The molecule has 0 aliphatic carbocycles. The standard InChI is InChI=1S/C18H21N3O3/c1-20-11-14(10-19-20)15-3-2-8-21(15)18(22)7-5-13-4-6-16-17(9-13)24-12-23-16/h4,6,9-11,15H,2-3,5,7-8,12H2,1H3. The lowest BCUT2D eigenvalue weighted by Crippen LogP contribution is -2.30. The van der Waals surface area contributed by atoms with Gasteiger partial charge < -0.3 is 14.4 Å². The van der Waals surface area contributed by atoms with Crippen molar-refractivity contribution in [2.24, 2.45) is 7.05 Å². The Hall–Kier alpha value is -2.50. The molecule has 0 N–H and O–H groups in total. The minimum Gasteiger partial charge on any atom is -0.454 e. The second-order valence-electron chi connectivity index (χ2n) is 6.38. The first-order valence-corrected chi connectivity index (χ1v) is 8.37. The maximum Gasteiger partial charge on any atom is 0.231 e. The highest BCUT2D eigenvalue weighted by Crippen LogP contribution is 2.34. The van der Waals surface area contributed by atoms with E-state index in [9.17, 15) is 4.79 Å². The van der Waals surface area contributed by atoms with Gasteiger partial charge in [0.05, 0.1) is 12.2 Å². The van der Waals surface area contributed by atoms with E-state index in [0.717, 1.165) is 42.0 Å². The van der Waals surface area contributed by atoms with Gasteiger partial charge in [-0.3, -0.25) is 9.48 Å². The van der Waals surface area contributed by atoms with Crippen LogP contribution in [0.15, 0.2) is 30.6 Å². The van der Waals surface area contributed by atoms with Crippen molar-refractivity contribution < 1.29 is 14.3 Å². The van der Waals surface area contributed by atoms with Gasteiger partial charge in [0, 0.05) is 31.8 Å². The lowest BCUT2D eigenvalue weighted by atomic mass is 10.1. The van der Waals surface area contributed by atoms with Crippen LogP contribution in [0.3, 0.4) is 0 Å². The molecule has 2 aliphatic heterocycles. The van der Waals surface area contributed by atoms with Gasteiger partial charge in [0.15, 0.2) is 11.5 Å². The predicted molar refractivity (Wildman–Crippen MR) is 87.8 cm³/mol. The van der Waals surface area contributed by atoms with Crippen LogP contribution < -0.4 is 9.47 Å². The van der Waals surface area contributed by atoms with Gasteiger partial charge >= 0.3 is 0 Å². The average Bonchev–Trinajstić information content (AvgIpc) is 3.31. The Morgan fingerprint density at radius 2 is 2.21 bits per heavy atom. The van der Waals surface area contributed by atoms with Crippen molar-refractivity contribution in [2.75, 3.05) is 13.3 Å². The number of nitrogens with zero attached hydrogens (tertiary/aromatic N) is 3. The van der Waals surface area contributed by atoms with Crippen LogP contribution in [-0.2, 0) is 18.3 Å². The van der Waals surface area contributed by atoms with Crippen molar-refractivity contribution in [3.05, 3.63) is 41.7 Å². The molecule has 1 aromatic carbocycles. The first-order valence-electron chi connectivity index (χ1n) is 8.37. The number of aryl methyl sites for hydroxylation is 2. The smallest absolute Gasteiger partial charge is 0.231 e. The SMILES string of the molecule is Cn1cc(C2CCCN2C(=O)CCc2ccc3c(c2)OCO3)cn1. The van der Waals surface area contributed by atoms with Gasteiger partial charge in [-0.25, -0.2) is 0 Å². The van der Waals surface area contributed by atoms with Gasteiger partial charge in [0.1, 0.15) is 0 Å². The van der Waals surface area contributed by atoms with E-state index in [1.54, 1.807) is 4.68 Å². The minimum absolute atomic E-state index is 0.169. The topological polar surface area (TPSA) is 56.6 Å². The molecule has 6 nitrogen and oxygen atoms in total. The van der Waals surface area contributed by atoms with Crippen molar-refractivity contribution >= 4 is 5.91 Å². The number of ether oxygens (including phenoxy) is 2. The van der Waals surface area contributed by atoms with Crippen molar-refractivity contribution in [3.8, 4) is 11.5 Å². The summed E-state index contributed by atoms with van der Waals surface area (Å²) in [5, 5.41) is 4.23. The average molecular weight is 327 g/mol. The summed E-state index contributed by atoms with van der Waals surface area (Å²) in [7, 11) is 1.91. The summed E-state index contributed by atoms with van der Waals surface area (Å²) in [6.45, 7) is 1.11. The molecule has 24 heavy (non-hydrogen) atoms. The van der Waals surface area contributed by atoms with E-state index in [2.05, 4.69) is 5.10 Å². The van der Waals surface area contributed by atoms with Gasteiger partial charge in [-0.05, 0) is 37.0 Å². The highest BCUT2D eigenvalue weighted by atomic mass is 16.7. The van der Waals surface area contributed by atoms with E-state index in [4.69, 9.17) is 9.47 Å². The molecule has 126 valence electrons. The molecule has 4 rings (SSSR count). The van der Waals surface area contributed by atoms with Crippen molar-refractivity contribution in [3.63, 3.8) is 0 Å². The third-order valence-corrected chi connectivity index (χ3v) is 4.75. The number of hydrogen-bond acceptors (Lipinski definition) is 4. The molecule has 1 amide bonds. The molecule has 2 aromatic rings. The molecule has 1 aromatic heterocycles. The molecular weight excluding hydrogens is 306 g/mol. The highest BCUT2D eigenvalue weighted by molar-refractivity contribution is 5.77. The van der Waals surface area contributed by atoms with Crippen molar-refractivity contribution in [1.29, 1.82) is 0 Å². The maximum absolute atomic E-state index is 12.7. The number of rotatable bonds is 4. The molecule has 1 fully saturated rings. The number of hydrogen-bond donors (Lipinski definition) is 0. The summed E-state index contributed by atoms with van der Waals surface area (Å²) in [6, 6.07) is 6.06. The normalized spacial score (nSPS) is 19.0. The van der Waals surface area contributed by atoms with Crippen LogP contribution in [-0.4, -0.2) is 33.9 Å². The zero-order chi connectivity index (χ0) is 16.5. The molecule has 6 heteroatoms. The molecule has 2 aliphatic rings. The second kappa shape index (κ2) is 6.19. The molecule has 1 atom stereocenters. The second-order valence-corrected chi connectivity index (χ2v) is 6.38. The molecule has 1 unspecified atom stereocenters. The van der Waals surface area contributed by atoms with E-state index in [0.29, 0.717) is 12.8 Å². The fraction of sp³-hybridized carbons (Fsp3) is 0.444. The van der Waals surface area contributed by atoms with Gasteiger partial charge in [-0.2, -0.15) is 5.10 Å². The summed E-state index contributed by atoms with van der Waals surface area (Å²) in [5.74, 6) is 1.76. The highest BCUT2D eigenvalue weighted by Gasteiger charge is 2.30. The van der Waals surface area contributed by atoms with E-state index in [1.807, 2.05) is 42.5 Å². The van der Waals surface area contributed by atoms with Crippen LogP contribution in [0.5, 0.6) is 11.5 Å². The van der Waals surface area contributed by atoms with Crippen molar-refractivity contribution in [1.82, 2.24) is 14.7 Å². The Balaban J connectivity index is 1.40. The third-order valence-electron chi connectivity index (χ3n) is 4.75. The summed E-state index contributed by atoms with van der Waals surface area (Å²) in [5.41, 5.74) is 2.23. The first-order chi connectivity index (χ1) is 11.7. The quantitative estimate of drug-likeness (QED) is 0.865. The molecule has 0 radical (unpaired) electrons. The molecule has 3 heterocycles. The third kappa shape index (κ3) is 2.84. The predicted octanol–water partition coefficient (Wildman–Crippen LogP) is 2.45. The van der Waals surface area contributed by atoms with Gasteiger partial charge in [0.25, 0.3) is 0 Å². The van der Waals surface area contributed by atoms with E-state index < -0.39 is 0 Å². The van der Waals surface area contributed by atoms with Gasteiger partial charge in [-0.15, -0.1) is 0 Å². The number of amides is 1. The van der Waals surface area contributed by atoms with Crippen LogP contribution in [0.2, 0.25) is 0 Å². The zero-order valence-electron chi connectivity index (χ0n) is 13.8. The van der Waals surface area contributed by atoms with Crippen LogP contribution in [0.1, 0.15) is 36.4 Å². The number of carbonyl (C=O) groups is 1. The summed E-state index contributed by atoms with van der Waals surface area (Å²) in [6.07, 6.45) is 7.17. The Labute approximate surface area is 141 Å². The van der Waals surface area contributed by atoms with Crippen LogP contribution in [0.4, 0.5) is 0 Å². The molecule has 0 spiro atoms. The minimum atomic E-state index is 0.169. The molecule has 0 bridgehead atoms. The lowest BCUT2D eigenvalue weighted by Gasteiger charge is -2.24. The van der Waals surface area contributed by atoms with Crippen LogP contribution >= 0.6 is 0 Å². The summed E-state index contributed by atoms with van der Waals surface area (Å²) in [4.78, 5) is 14.7. The van der Waals surface area contributed by atoms with Crippen LogP contribution in [0, 0.1) is 0 Å². The Bertz CT molecular complexity index is 756. The van der Waals surface area contributed by atoms with Gasteiger partial charge in [0.2, 0.25) is 12.7 Å². The van der Waals surface area contributed by atoms with Crippen molar-refractivity contribution in [2.45, 2.75) is 31.7 Å². The number of aromatic nitrogens is 2. The summed E-state index contributed by atoms with van der Waals surface area (Å²) < 4.78 is 12.5. The Kier molecular flexibility index (Phi) is 3.88. The monoisotopic (exact) mass is 327 g/mol. The molecule has 1 saturated heterocycles. The number of fused-ring (bicyclic) bond motifs is 1. The fourth-order valence-corrected chi connectivity index (χ4v) is 3.52. The fourth-order valence-electron chi connectivity index (χ4n) is 3.52. The Morgan fingerprint density at radius 3 is 3.04 bits per heavy atom. The molecule has 0 saturated carbocycles. The number of likely N-dealkylation sites (tertiary alicyclic amines) is 1. The van der Waals surface area contributed by atoms with E-state index >= 15 is 0 Å². The Morgan fingerprint density at radius 1 is 1.33 bits per heavy atom. The van der Waals surface area contributed by atoms with E-state index in [1.165, 1.54) is 0 Å². The largest absolute Gasteiger partial charge is 0.454 e. The van der Waals surface area contributed by atoms with Crippen LogP contribution in [0.25, 0.3) is 0 Å². The van der Waals surface area contributed by atoms with E-state index in [-0.39, 0.29) is 18.7 Å². The zero-order valence-corrected chi connectivity index (χ0v) is 13.8. The lowest BCUT2D eigenvalue weighted by molar-refractivity contribution is -0.132. The maximum atomic E-state index is 12.7. The molecular formula is C18H21N3O3. The summed E-state index contributed by atoms with van der Waals surface area (Å²) >= 11 is 0. The van der Waals surface area contributed by atoms with Gasteiger partial charge in [-0.1, -0.05) is 6.07 Å². The first kappa shape index (κ1) is 15.1. The number of carbonyl (C=O) groups excluding carboxylic acids is 1.